The number of pyridine rings is 1. The van der Waals surface area contributed by atoms with E-state index in [1.54, 1.807) is 37.3 Å². The molecule has 1 aromatic carbocycles. The number of aromatic nitrogens is 1. The Labute approximate surface area is 138 Å². The molecular weight excluding hydrogens is 312 g/mol. The number of benzene rings is 1. The van der Waals surface area contributed by atoms with Gasteiger partial charge in [-0.25, -0.2) is 10.4 Å². The number of anilines is 1. The van der Waals surface area contributed by atoms with Crippen LogP contribution in [0.3, 0.4) is 0 Å². The number of hydrazone groups is 1. The van der Waals surface area contributed by atoms with Gasteiger partial charge in [0.1, 0.15) is 5.82 Å². The minimum absolute atomic E-state index is 0.00720. The number of carbonyl (C=O) groups excluding carboxylic acids is 2. The lowest BCUT2D eigenvalue weighted by Crippen LogP contribution is -2.32. The second-order valence-corrected chi connectivity index (χ2v) is 4.53. The summed E-state index contributed by atoms with van der Waals surface area (Å²) in [7, 11) is 0. The number of phenolic OH excluding ortho intramolecular Hbond substituents is 1. The van der Waals surface area contributed by atoms with E-state index in [1.807, 2.05) is 0 Å². The summed E-state index contributed by atoms with van der Waals surface area (Å²) in [5.74, 6) is -1.23. The summed E-state index contributed by atoms with van der Waals surface area (Å²) in [4.78, 5) is 27.2. The molecule has 8 nitrogen and oxygen atoms in total. The number of nitrogens with zero attached hydrogens (tertiary/aromatic N) is 2. The van der Waals surface area contributed by atoms with Gasteiger partial charge in [0.15, 0.2) is 11.5 Å². The molecule has 0 saturated carbocycles. The topological polar surface area (TPSA) is 113 Å². The first-order valence-corrected chi connectivity index (χ1v) is 7.11. The summed E-state index contributed by atoms with van der Waals surface area (Å²) in [5.41, 5.74) is 2.69. The van der Waals surface area contributed by atoms with E-state index in [9.17, 15) is 14.7 Å². The van der Waals surface area contributed by atoms with Crippen molar-refractivity contribution in [1.82, 2.24) is 10.4 Å². The van der Waals surface area contributed by atoms with Crippen LogP contribution in [0, 0.1) is 0 Å². The predicted octanol–water partition coefficient (Wildman–Crippen LogP) is 1.27. The maximum atomic E-state index is 11.6. The minimum atomic E-state index is -0.930. The largest absolute Gasteiger partial charge is 0.504 e. The fourth-order valence-electron chi connectivity index (χ4n) is 1.71. The van der Waals surface area contributed by atoms with Gasteiger partial charge in [0.25, 0.3) is 0 Å². The Morgan fingerprint density at radius 3 is 2.83 bits per heavy atom. The summed E-state index contributed by atoms with van der Waals surface area (Å²) in [6.07, 6.45) is 2.82. The smallest absolute Gasteiger partial charge is 0.329 e. The summed E-state index contributed by atoms with van der Waals surface area (Å²) in [5, 5.41) is 15.6. The molecule has 0 radical (unpaired) electrons. The van der Waals surface area contributed by atoms with Crippen LogP contribution in [0.15, 0.2) is 47.7 Å². The van der Waals surface area contributed by atoms with E-state index in [0.29, 0.717) is 17.9 Å². The molecule has 2 aromatic rings. The predicted molar refractivity (Wildman–Crippen MR) is 87.9 cm³/mol. The van der Waals surface area contributed by atoms with Crippen LogP contribution in [0.4, 0.5) is 5.82 Å². The standard InChI is InChI=1S/C16H16N4O4/c1-2-24-13-9-11(6-7-12(13)21)10-18-20-16(23)15(22)19-14-5-3-4-8-17-14/h3-10,21H,2H2,1H3,(H,20,23)(H,17,19,22)/b18-10+. The highest BCUT2D eigenvalue weighted by molar-refractivity contribution is 6.39. The molecule has 2 amide bonds. The normalized spacial score (nSPS) is 10.4. The molecule has 8 heteroatoms. The van der Waals surface area contributed by atoms with Crippen LogP contribution < -0.4 is 15.5 Å². The van der Waals surface area contributed by atoms with Gasteiger partial charge in [0.2, 0.25) is 0 Å². The average Bonchev–Trinajstić information content (AvgIpc) is 2.58. The van der Waals surface area contributed by atoms with E-state index in [-0.39, 0.29) is 11.6 Å². The van der Waals surface area contributed by atoms with E-state index in [0.717, 1.165) is 0 Å². The fourth-order valence-corrected chi connectivity index (χ4v) is 1.71. The zero-order valence-corrected chi connectivity index (χ0v) is 12.9. The highest BCUT2D eigenvalue weighted by atomic mass is 16.5. The lowest BCUT2D eigenvalue weighted by molar-refractivity contribution is -0.136. The Morgan fingerprint density at radius 2 is 2.12 bits per heavy atom. The molecule has 0 bridgehead atoms. The van der Waals surface area contributed by atoms with E-state index < -0.39 is 11.8 Å². The number of aromatic hydroxyl groups is 1. The van der Waals surface area contributed by atoms with Crippen molar-refractivity contribution in [2.24, 2.45) is 5.10 Å². The maximum Gasteiger partial charge on any atom is 0.329 e. The summed E-state index contributed by atoms with van der Waals surface area (Å²) in [6.45, 7) is 2.19. The number of amides is 2. The maximum absolute atomic E-state index is 11.6. The van der Waals surface area contributed by atoms with Crippen LogP contribution in [0.25, 0.3) is 0 Å². The van der Waals surface area contributed by atoms with Crippen LogP contribution >= 0.6 is 0 Å². The molecule has 0 aliphatic heterocycles. The van der Waals surface area contributed by atoms with Gasteiger partial charge < -0.3 is 15.2 Å². The molecule has 124 valence electrons. The first-order chi connectivity index (χ1) is 11.6. The number of nitrogens with one attached hydrogen (secondary N) is 2. The Kier molecular flexibility index (Phi) is 5.84. The second-order valence-electron chi connectivity index (χ2n) is 4.53. The van der Waals surface area contributed by atoms with Crippen molar-refractivity contribution in [2.45, 2.75) is 6.92 Å². The Morgan fingerprint density at radius 1 is 1.29 bits per heavy atom. The second kappa shape index (κ2) is 8.28. The Hall–Kier alpha value is -3.42. The third kappa shape index (κ3) is 4.80. The molecule has 0 fully saturated rings. The van der Waals surface area contributed by atoms with Crippen molar-refractivity contribution < 1.29 is 19.4 Å². The fraction of sp³-hybridized carbons (Fsp3) is 0.125. The minimum Gasteiger partial charge on any atom is -0.504 e. The van der Waals surface area contributed by atoms with E-state index in [2.05, 4.69) is 20.8 Å². The number of hydrogen-bond acceptors (Lipinski definition) is 6. The van der Waals surface area contributed by atoms with Crippen molar-refractivity contribution >= 4 is 23.8 Å². The molecule has 0 unspecified atom stereocenters. The molecular formula is C16H16N4O4. The number of phenols is 1. The molecule has 1 heterocycles. The third-order valence-electron chi connectivity index (χ3n) is 2.78. The van der Waals surface area contributed by atoms with E-state index in [4.69, 9.17) is 4.74 Å². The van der Waals surface area contributed by atoms with Crippen molar-refractivity contribution in [3.05, 3.63) is 48.2 Å². The molecule has 2 rings (SSSR count). The van der Waals surface area contributed by atoms with E-state index in [1.165, 1.54) is 18.5 Å². The van der Waals surface area contributed by atoms with Crippen molar-refractivity contribution in [1.29, 1.82) is 0 Å². The zero-order chi connectivity index (χ0) is 17.4. The van der Waals surface area contributed by atoms with E-state index >= 15 is 0 Å². The lowest BCUT2D eigenvalue weighted by atomic mass is 10.2. The lowest BCUT2D eigenvalue weighted by Gasteiger charge is -2.06. The number of ether oxygens (including phenoxy) is 1. The van der Waals surface area contributed by atoms with Gasteiger partial charge in [-0.3, -0.25) is 9.59 Å². The van der Waals surface area contributed by atoms with Gasteiger partial charge in [0.05, 0.1) is 12.8 Å². The highest BCUT2D eigenvalue weighted by Crippen LogP contribution is 2.26. The van der Waals surface area contributed by atoms with Crippen LogP contribution in [0.1, 0.15) is 12.5 Å². The number of rotatable bonds is 5. The summed E-state index contributed by atoms with van der Waals surface area (Å²) >= 11 is 0. The average molecular weight is 328 g/mol. The van der Waals surface area contributed by atoms with Crippen molar-refractivity contribution in [2.75, 3.05) is 11.9 Å². The number of hydrogen-bond donors (Lipinski definition) is 3. The van der Waals surface area contributed by atoms with Crippen LogP contribution in [-0.2, 0) is 9.59 Å². The molecule has 0 aliphatic carbocycles. The zero-order valence-electron chi connectivity index (χ0n) is 12.9. The Bertz CT molecular complexity index is 747. The summed E-state index contributed by atoms with van der Waals surface area (Å²) < 4.78 is 5.24. The van der Waals surface area contributed by atoms with Gasteiger partial charge in [-0.1, -0.05) is 6.07 Å². The SMILES string of the molecule is CCOc1cc(/C=N/NC(=O)C(=O)Nc2ccccn2)ccc1O. The first kappa shape index (κ1) is 16.9. The van der Waals surface area contributed by atoms with Gasteiger partial charge in [0, 0.05) is 6.20 Å². The molecule has 0 atom stereocenters. The van der Waals surface area contributed by atoms with Crippen LogP contribution in [0.5, 0.6) is 11.5 Å². The molecule has 24 heavy (non-hydrogen) atoms. The molecule has 0 aliphatic rings. The summed E-state index contributed by atoms with van der Waals surface area (Å²) in [6, 6.07) is 9.51. The molecule has 0 spiro atoms. The van der Waals surface area contributed by atoms with Crippen molar-refractivity contribution in [3.8, 4) is 11.5 Å². The quantitative estimate of drug-likeness (QED) is 0.435. The number of carbonyl (C=O) groups is 2. The molecule has 1 aromatic heterocycles. The van der Waals surface area contributed by atoms with Crippen LogP contribution in [0.2, 0.25) is 0 Å². The Balaban J connectivity index is 1.92. The van der Waals surface area contributed by atoms with Gasteiger partial charge in [-0.2, -0.15) is 5.10 Å². The highest BCUT2D eigenvalue weighted by Gasteiger charge is 2.13. The van der Waals surface area contributed by atoms with Crippen LogP contribution in [-0.4, -0.2) is 34.7 Å². The molecule has 0 saturated heterocycles. The van der Waals surface area contributed by atoms with Gasteiger partial charge in [-0.15, -0.1) is 0 Å². The molecule has 3 N–H and O–H groups in total. The van der Waals surface area contributed by atoms with Gasteiger partial charge in [-0.05, 0) is 42.8 Å². The van der Waals surface area contributed by atoms with Crippen molar-refractivity contribution in [3.63, 3.8) is 0 Å². The third-order valence-corrected chi connectivity index (χ3v) is 2.78. The first-order valence-electron chi connectivity index (χ1n) is 7.11. The monoisotopic (exact) mass is 328 g/mol. The van der Waals surface area contributed by atoms with Gasteiger partial charge >= 0.3 is 11.8 Å².